The van der Waals surface area contributed by atoms with Crippen molar-refractivity contribution in [1.82, 2.24) is 0 Å². The molecule has 5 nitrogen and oxygen atoms in total. The van der Waals surface area contributed by atoms with E-state index in [0.717, 1.165) is 4.47 Å². The fourth-order valence-corrected chi connectivity index (χ4v) is 3.07. The summed E-state index contributed by atoms with van der Waals surface area (Å²) >= 11 is 3.35. The Morgan fingerprint density at radius 2 is 1.62 bits per heavy atom. The molecule has 0 unspecified atom stereocenters. The summed E-state index contributed by atoms with van der Waals surface area (Å²) < 4.78 is 0.865. The van der Waals surface area contributed by atoms with Gasteiger partial charge in [0, 0.05) is 10.2 Å². The molecule has 0 spiro atoms. The van der Waals surface area contributed by atoms with Crippen molar-refractivity contribution in [2.75, 3.05) is 4.90 Å². The van der Waals surface area contributed by atoms with Gasteiger partial charge in [0.15, 0.2) is 11.5 Å². The Hall–Kier alpha value is -2.60. The number of phenols is 1. The number of phenolic OH excluding ortho intramolecular Hbond substituents is 1. The molecule has 2 aromatic carbocycles. The normalized spacial score (nSPS) is 17.5. The quantitative estimate of drug-likeness (QED) is 0.842. The van der Waals surface area contributed by atoms with Crippen molar-refractivity contribution in [3.05, 3.63) is 69.9 Å². The first-order valence-corrected chi connectivity index (χ1v) is 8.01. The number of halogens is 1. The maximum atomic E-state index is 12.6. The number of aliphatic hydroxyl groups excluding tert-OH is 1. The highest BCUT2D eigenvalue weighted by Gasteiger charge is 2.43. The van der Waals surface area contributed by atoms with Crippen LogP contribution in [0, 0.1) is 0 Å². The standard InChI is InChI=1S/C18H14BrNO4/c1-10(21)15-16(11-2-4-12(19)5-3-11)20(18(24)17(15)23)13-6-8-14(22)9-7-13/h2-9,16,22-23H,1H3/t16-/m1/s1. The van der Waals surface area contributed by atoms with Gasteiger partial charge in [-0.2, -0.15) is 0 Å². The first-order valence-electron chi connectivity index (χ1n) is 7.22. The number of aliphatic hydroxyl groups is 1. The average molecular weight is 388 g/mol. The summed E-state index contributed by atoms with van der Waals surface area (Å²) in [5.41, 5.74) is 1.25. The number of aromatic hydroxyl groups is 1. The average Bonchev–Trinajstić information content (AvgIpc) is 2.81. The molecule has 3 rings (SSSR count). The second-order valence-electron chi connectivity index (χ2n) is 5.46. The number of nitrogens with zero attached hydrogens (tertiary/aromatic N) is 1. The van der Waals surface area contributed by atoms with Gasteiger partial charge < -0.3 is 10.2 Å². The number of carbonyl (C=O) groups is 2. The fraction of sp³-hybridized carbons (Fsp3) is 0.111. The number of amides is 1. The third-order valence-corrected chi connectivity index (χ3v) is 4.43. The van der Waals surface area contributed by atoms with Gasteiger partial charge in [-0.1, -0.05) is 28.1 Å². The summed E-state index contributed by atoms with van der Waals surface area (Å²) in [6, 6.07) is 12.5. The van der Waals surface area contributed by atoms with Gasteiger partial charge in [-0.05, 0) is 48.9 Å². The summed E-state index contributed by atoms with van der Waals surface area (Å²) in [7, 11) is 0. The summed E-state index contributed by atoms with van der Waals surface area (Å²) in [6.45, 7) is 1.32. The molecule has 0 aromatic heterocycles. The van der Waals surface area contributed by atoms with E-state index in [-0.39, 0.29) is 17.1 Å². The van der Waals surface area contributed by atoms with E-state index in [1.165, 1.54) is 24.0 Å². The minimum Gasteiger partial charge on any atom is -0.508 e. The molecule has 24 heavy (non-hydrogen) atoms. The first-order chi connectivity index (χ1) is 11.4. The highest BCUT2D eigenvalue weighted by atomic mass is 79.9. The second kappa shape index (κ2) is 6.13. The predicted molar refractivity (Wildman–Crippen MR) is 92.8 cm³/mol. The van der Waals surface area contributed by atoms with Crippen LogP contribution in [0.15, 0.2) is 64.3 Å². The Morgan fingerprint density at radius 3 is 2.17 bits per heavy atom. The number of ketones is 1. The van der Waals surface area contributed by atoms with E-state index in [4.69, 9.17) is 0 Å². The van der Waals surface area contributed by atoms with Crippen LogP contribution < -0.4 is 4.90 Å². The smallest absolute Gasteiger partial charge is 0.294 e. The highest BCUT2D eigenvalue weighted by molar-refractivity contribution is 9.10. The van der Waals surface area contributed by atoms with Crippen molar-refractivity contribution in [2.45, 2.75) is 13.0 Å². The number of rotatable bonds is 3. The number of Topliss-reactive ketones (excluding diaryl/α,β-unsaturated/α-hetero) is 1. The monoisotopic (exact) mass is 387 g/mol. The topological polar surface area (TPSA) is 77.8 Å². The van der Waals surface area contributed by atoms with Gasteiger partial charge in [0.1, 0.15) is 5.75 Å². The number of carbonyl (C=O) groups excluding carboxylic acids is 2. The van der Waals surface area contributed by atoms with Gasteiger partial charge in [-0.15, -0.1) is 0 Å². The Labute approximate surface area is 147 Å². The molecule has 0 bridgehead atoms. The fourth-order valence-electron chi connectivity index (χ4n) is 2.80. The summed E-state index contributed by atoms with van der Waals surface area (Å²) in [4.78, 5) is 25.9. The van der Waals surface area contributed by atoms with Crippen LogP contribution in [-0.4, -0.2) is 21.9 Å². The third kappa shape index (κ3) is 2.69. The molecule has 1 heterocycles. The van der Waals surface area contributed by atoms with Gasteiger partial charge in [-0.25, -0.2) is 0 Å². The first kappa shape index (κ1) is 16.3. The lowest BCUT2D eigenvalue weighted by molar-refractivity contribution is -0.117. The van der Waals surface area contributed by atoms with Gasteiger partial charge in [0.2, 0.25) is 0 Å². The van der Waals surface area contributed by atoms with Crippen LogP contribution in [0.4, 0.5) is 5.69 Å². The zero-order chi connectivity index (χ0) is 17.4. The van der Waals surface area contributed by atoms with Crippen LogP contribution in [-0.2, 0) is 9.59 Å². The van der Waals surface area contributed by atoms with E-state index in [2.05, 4.69) is 15.9 Å². The number of benzene rings is 2. The van der Waals surface area contributed by atoms with E-state index in [0.29, 0.717) is 11.3 Å². The van der Waals surface area contributed by atoms with Gasteiger partial charge in [0.05, 0.1) is 11.6 Å². The summed E-state index contributed by atoms with van der Waals surface area (Å²) in [6.07, 6.45) is 0. The lowest BCUT2D eigenvalue weighted by Crippen LogP contribution is -2.30. The van der Waals surface area contributed by atoms with Crippen molar-refractivity contribution >= 4 is 33.3 Å². The molecular weight excluding hydrogens is 374 g/mol. The maximum Gasteiger partial charge on any atom is 0.294 e. The number of hydrogen-bond acceptors (Lipinski definition) is 4. The maximum absolute atomic E-state index is 12.6. The molecule has 1 aliphatic heterocycles. The lowest BCUT2D eigenvalue weighted by atomic mass is 9.96. The Bertz CT molecular complexity index is 840. The van der Waals surface area contributed by atoms with Gasteiger partial charge in [0.25, 0.3) is 5.91 Å². The Balaban J connectivity index is 2.16. The third-order valence-electron chi connectivity index (χ3n) is 3.90. The molecular formula is C18H14BrNO4. The van der Waals surface area contributed by atoms with Gasteiger partial charge >= 0.3 is 0 Å². The summed E-state index contributed by atoms with van der Waals surface area (Å²) in [5.74, 6) is -1.48. The largest absolute Gasteiger partial charge is 0.508 e. The summed E-state index contributed by atoms with van der Waals surface area (Å²) in [5, 5.41) is 19.7. The molecule has 2 N–H and O–H groups in total. The van der Waals surface area contributed by atoms with E-state index in [1.807, 2.05) is 12.1 Å². The molecule has 2 aromatic rings. The van der Waals surface area contributed by atoms with Crippen molar-refractivity contribution in [2.24, 2.45) is 0 Å². The van der Waals surface area contributed by atoms with Crippen molar-refractivity contribution < 1.29 is 19.8 Å². The highest BCUT2D eigenvalue weighted by Crippen LogP contribution is 2.41. The van der Waals surface area contributed by atoms with E-state index in [9.17, 15) is 19.8 Å². The van der Waals surface area contributed by atoms with Crippen LogP contribution >= 0.6 is 15.9 Å². The van der Waals surface area contributed by atoms with Gasteiger partial charge in [-0.3, -0.25) is 14.5 Å². The minimum absolute atomic E-state index is 0.0644. The molecule has 0 radical (unpaired) electrons. The number of anilines is 1. The van der Waals surface area contributed by atoms with E-state index >= 15 is 0 Å². The lowest BCUT2D eigenvalue weighted by Gasteiger charge is -2.26. The molecule has 0 saturated carbocycles. The van der Waals surface area contributed by atoms with E-state index < -0.39 is 17.7 Å². The SMILES string of the molecule is CC(=O)C1=C(O)C(=O)N(c2ccc(O)cc2)[C@@H]1c1ccc(Br)cc1. The van der Waals surface area contributed by atoms with Crippen LogP contribution in [0.25, 0.3) is 0 Å². The molecule has 1 amide bonds. The van der Waals surface area contributed by atoms with Crippen molar-refractivity contribution in [1.29, 1.82) is 0 Å². The van der Waals surface area contributed by atoms with Crippen LogP contribution in [0.3, 0.4) is 0 Å². The molecule has 0 saturated heterocycles. The Kier molecular flexibility index (Phi) is 4.15. The molecule has 0 fully saturated rings. The van der Waals surface area contributed by atoms with Crippen LogP contribution in [0.1, 0.15) is 18.5 Å². The van der Waals surface area contributed by atoms with Crippen molar-refractivity contribution in [3.8, 4) is 5.75 Å². The second-order valence-corrected chi connectivity index (χ2v) is 6.38. The Morgan fingerprint density at radius 1 is 1.04 bits per heavy atom. The number of hydrogen-bond donors (Lipinski definition) is 2. The molecule has 0 aliphatic carbocycles. The molecule has 122 valence electrons. The predicted octanol–water partition coefficient (Wildman–Crippen LogP) is 3.64. The minimum atomic E-state index is -0.715. The van der Waals surface area contributed by atoms with Crippen LogP contribution in [0.2, 0.25) is 0 Å². The van der Waals surface area contributed by atoms with Crippen LogP contribution in [0.5, 0.6) is 5.75 Å². The van der Waals surface area contributed by atoms with Crippen molar-refractivity contribution in [3.63, 3.8) is 0 Å². The zero-order valence-electron chi connectivity index (χ0n) is 12.7. The molecule has 6 heteroatoms. The zero-order valence-corrected chi connectivity index (χ0v) is 14.3. The van der Waals surface area contributed by atoms with E-state index in [1.54, 1.807) is 24.3 Å². The molecule has 1 atom stereocenters. The molecule has 1 aliphatic rings.